The van der Waals surface area contributed by atoms with E-state index < -0.39 is 0 Å². The second-order valence-corrected chi connectivity index (χ2v) is 7.38. The number of carbonyl (C=O) groups is 1. The topological polar surface area (TPSA) is 47.6 Å². The summed E-state index contributed by atoms with van der Waals surface area (Å²) in [6, 6.07) is 10.7. The first-order valence-corrected chi connectivity index (χ1v) is 9.75. The first-order chi connectivity index (χ1) is 12.3. The van der Waals surface area contributed by atoms with Gasteiger partial charge in [-0.25, -0.2) is 0 Å². The number of hydrogen-bond donors (Lipinski definition) is 2. The smallest absolute Gasteiger partial charge is 0.233 e. The molecule has 1 aliphatic heterocycles. The molecular weight excluding hydrogens is 419 g/mol. The molecule has 0 spiro atoms. The molecule has 1 saturated heterocycles. The van der Waals surface area contributed by atoms with Crippen molar-refractivity contribution in [2.24, 2.45) is 5.92 Å². The van der Waals surface area contributed by atoms with E-state index in [-0.39, 0.29) is 43.1 Å². The lowest BCUT2D eigenvalue weighted by Gasteiger charge is -2.34. The summed E-state index contributed by atoms with van der Waals surface area (Å²) >= 11 is 0. The van der Waals surface area contributed by atoms with Crippen molar-refractivity contribution in [3.8, 4) is 0 Å². The number of piperazine rings is 1. The summed E-state index contributed by atoms with van der Waals surface area (Å²) in [4.78, 5) is 16.8. The van der Waals surface area contributed by atoms with Gasteiger partial charge in [0.2, 0.25) is 5.91 Å². The molecule has 28 heavy (non-hydrogen) atoms. The molecule has 0 bridgehead atoms. The van der Waals surface area contributed by atoms with E-state index in [1.54, 1.807) is 0 Å². The van der Waals surface area contributed by atoms with Gasteiger partial charge < -0.3 is 15.5 Å². The summed E-state index contributed by atoms with van der Waals surface area (Å²) in [6.45, 7) is 8.91. The van der Waals surface area contributed by atoms with Crippen LogP contribution in [0.25, 0.3) is 0 Å². The molecular formula is C20H35Cl3N4O. The van der Waals surface area contributed by atoms with Gasteiger partial charge in [-0.3, -0.25) is 9.69 Å². The maximum Gasteiger partial charge on any atom is 0.233 e. The Bertz CT molecular complexity index is 523. The fourth-order valence-corrected chi connectivity index (χ4v) is 3.32. The van der Waals surface area contributed by atoms with E-state index in [1.165, 1.54) is 18.4 Å². The maximum atomic E-state index is 11.7. The van der Waals surface area contributed by atoms with Crippen LogP contribution < -0.4 is 10.6 Å². The van der Waals surface area contributed by atoms with Gasteiger partial charge in [0.25, 0.3) is 0 Å². The summed E-state index contributed by atoms with van der Waals surface area (Å²) in [5.74, 6) is 0.960. The first-order valence-electron chi connectivity index (χ1n) is 9.75. The summed E-state index contributed by atoms with van der Waals surface area (Å²) in [7, 11) is 0. The van der Waals surface area contributed by atoms with Crippen LogP contribution in [0, 0.1) is 5.92 Å². The van der Waals surface area contributed by atoms with E-state index >= 15 is 0 Å². The van der Waals surface area contributed by atoms with Crippen LogP contribution >= 0.6 is 37.2 Å². The Balaban J connectivity index is 0.00000243. The van der Waals surface area contributed by atoms with Crippen LogP contribution in [-0.2, 0) is 11.3 Å². The van der Waals surface area contributed by atoms with Crippen molar-refractivity contribution in [1.29, 1.82) is 0 Å². The summed E-state index contributed by atoms with van der Waals surface area (Å²) in [6.07, 6.45) is 3.69. The number of benzene rings is 1. The SMILES string of the molecule is Cl.Cl.Cl.O=C(CNCC1CC1)NCCCN1CCN(Cc2ccccc2)CC1. The normalized spacial score (nSPS) is 17.0. The second kappa shape index (κ2) is 15.3. The number of rotatable bonds is 10. The summed E-state index contributed by atoms with van der Waals surface area (Å²) < 4.78 is 0. The number of halogens is 3. The van der Waals surface area contributed by atoms with Crippen LogP contribution in [-0.4, -0.2) is 68.1 Å². The highest BCUT2D eigenvalue weighted by atomic mass is 35.5. The predicted molar refractivity (Wildman–Crippen MR) is 123 cm³/mol. The lowest BCUT2D eigenvalue weighted by Crippen LogP contribution is -2.46. The third-order valence-corrected chi connectivity index (χ3v) is 5.10. The van der Waals surface area contributed by atoms with Crippen molar-refractivity contribution in [2.45, 2.75) is 25.8 Å². The predicted octanol–water partition coefficient (Wildman–Crippen LogP) is 2.58. The van der Waals surface area contributed by atoms with Crippen molar-refractivity contribution in [1.82, 2.24) is 20.4 Å². The highest BCUT2D eigenvalue weighted by Gasteiger charge is 2.20. The van der Waals surface area contributed by atoms with E-state index in [0.717, 1.165) is 64.7 Å². The standard InChI is InChI=1S/C20H32N4O.3ClH/c25-20(16-21-15-18-7-8-18)22-9-4-10-23-11-13-24(14-12-23)17-19-5-2-1-3-6-19;;;/h1-3,5-6,18,21H,4,7-17H2,(H,22,25);3*1H. The minimum absolute atomic E-state index is 0. The van der Waals surface area contributed by atoms with Gasteiger partial charge in [-0.05, 0) is 43.8 Å². The molecule has 2 fully saturated rings. The lowest BCUT2D eigenvalue weighted by atomic mass is 10.2. The minimum Gasteiger partial charge on any atom is -0.355 e. The van der Waals surface area contributed by atoms with Crippen molar-refractivity contribution in [3.05, 3.63) is 35.9 Å². The highest BCUT2D eigenvalue weighted by molar-refractivity contribution is 5.86. The van der Waals surface area contributed by atoms with Crippen LogP contribution in [0.4, 0.5) is 0 Å². The van der Waals surface area contributed by atoms with Crippen molar-refractivity contribution in [3.63, 3.8) is 0 Å². The molecule has 1 heterocycles. The van der Waals surface area contributed by atoms with Crippen molar-refractivity contribution < 1.29 is 4.79 Å². The quantitative estimate of drug-likeness (QED) is 0.535. The number of amides is 1. The average Bonchev–Trinajstić information content (AvgIpc) is 3.45. The van der Waals surface area contributed by atoms with Crippen LogP contribution in [0.15, 0.2) is 30.3 Å². The zero-order chi connectivity index (χ0) is 17.3. The number of carbonyl (C=O) groups excluding carboxylic acids is 1. The molecule has 8 heteroatoms. The number of nitrogens with zero attached hydrogens (tertiary/aromatic N) is 2. The van der Waals surface area contributed by atoms with E-state index in [0.29, 0.717) is 6.54 Å². The molecule has 0 radical (unpaired) electrons. The molecule has 1 amide bonds. The molecule has 1 aromatic rings. The maximum absolute atomic E-state index is 11.7. The highest BCUT2D eigenvalue weighted by Crippen LogP contribution is 2.27. The van der Waals surface area contributed by atoms with Crippen LogP contribution in [0.5, 0.6) is 0 Å². The zero-order valence-corrected chi connectivity index (χ0v) is 18.9. The average molecular weight is 454 g/mol. The van der Waals surface area contributed by atoms with E-state index in [2.05, 4.69) is 50.8 Å². The lowest BCUT2D eigenvalue weighted by molar-refractivity contribution is -0.120. The fraction of sp³-hybridized carbons (Fsp3) is 0.650. The van der Waals surface area contributed by atoms with E-state index in [1.807, 2.05) is 0 Å². The molecule has 0 aromatic heterocycles. The molecule has 1 saturated carbocycles. The second-order valence-electron chi connectivity index (χ2n) is 7.38. The van der Waals surface area contributed by atoms with Gasteiger partial charge in [-0.1, -0.05) is 30.3 Å². The van der Waals surface area contributed by atoms with Gasteiger partial charge >= 0.3 is 0 Å². The molecule has 2 N–H and O–H groups in total. The Hall–Kier alpha value is -0.560. The van der Waals surface area contributed by atoms with Gasteiger partial charge in [0.1, 0.15) is 0 Å². The third kappa shape index (κ3) is 10.8. The third-order valence-electron chi connectivity index (χ3n) is 5.10. The Labute approximate surface area is 188 Å². The van der Waals surface area contributed by atoms with Gasteiger partial charge in [-0.15, -0.1) is 37.2 Å². The molecule has 162 valence electrons. The number of hydrogen-bond acceptors (Lipinski definition) is 4. The Kier molecular flexibility index (Phi) is 15.0. The summed E-state index contributed by atoms with van der Waals surface area (Å²) in [5, 5.41) is 6.25. The Morgan fingerprint density at radius 1 is 0.964 bits per heavy atom. The molecule has 2 aliphatic rings. The van der Waals surface area contributed by atoms with Gasteiger partial charge in [0.15, 0.2) is 0 Å². The van der Waals surface area contributed by atoms with Crippen LogP contribution in [0.2, 0.25) is 0 Å². The minimum atomic E-state index is 0. The Morgan fingerprint density at radius 2 is 1.61 bits per heavy atom. The summed E-state index contributed by atoms with van der Waals surface area (Å²) in [5.41, 5.74) is 1.40. The first kappa shape index (κ1) is 27.4. The molecule has 0 atom stereocenters. The Morgan fingerprint density at radius 3 is 2.25 bits per heavy atom. The van der Waals surface area contributed by atoms with Gasteiger partial charge in [0, 0.05) is 39.3 Å². The van der Waals surface area contributed by atoms with E-state index in [4.69, 9.17) is 0 Å². The van der Waals surface area contributed by atoms with Gasteiger partial charge in [0.05, 0.1) is 6.54 Å². The molecule has 5 nitrogen and oxygen atoms in total. The number of nitrogens with one attached hydrogen (secondary N) is 2. The molecule has 0 unspecified atom stereocenters. The molecule has 3 rings (SSSR count). The fourth-order valence-electron chi connectivity index (χ4n) is 3.32. The van der Waals surface area contributed by atoms with Crippen LogP contribution in [0.1, 0.15) is 24.8 Å². The largest absolute Gasteiger partial charge is 0.355 e. The monoisotopic (exact) mass is 452 g/mol. The molecule has 1 aromatic carbocycles. The zero-order valence-electron chi connectivity index (χ0n) is 16.5. The van der Waals surface area contributed by atoms with Crippen molar-refractivity contribution >= 4 is 43.1 Å². The van der Waals surface area contributed by atoms with Crippen LogP contribution in [0.3, 0.4) is 0 Å². The van der Waals surface area contributed by atoms with Gasteiger partial charge in [-0.2, -0.15) is 0 Å². The molecule has 1 aliphatic carbocycles. The van der Waals surface area contributed by atoms with Crippen molar-refractivity contribution in [2.75, 3.05) is 52.4 Å². The van der Waals surface area contributed by atoms with E-state index in [9.17, 15) is 4.79 Å².